The largest absolute Gasteiger partial charge is 6.00 e. The minimum atomic E-state index is -0.569. The first kappa shape index (κ1) is 25.5. The van der Waals surface area contributed by atoms with E-state index in [0.29, 0.717) is 13.1 Å². The average Bonchev–Trinajstić information content (AvgIpc) is 2.61. The van der Waals surface area contributed by atoms with Crippen molar-refractivity contribution in [3.63, 3.8) is 0 Å². The Morgan fingerprint density at radius 3 is 1.54 bits per heavy atom. The molecule has 1 aromatic rings. The Labute approximate surface area is 168 Å². The molecule has 0 radical (unpaired) electrons. The van der Waals surface area contributed by atoms with Crippen LogP contribution in [0.15, 0.2) is 30.3 Å². The molecule has 1 aromatic carbocycles. The van der Waals surface area contributed by atoms with Gasteiger partial charge in [-0.25, -0.2) is 0 Å². The summed E-state index contributed by atoms with van der Waals surface area (Å²) < 4.78 is 0. The molecule has 2 atom stereocenters. The molecule has 0 aliphatic carbocycles. The van der Waals surface area contributed by atoms with Crippen LogP contribution in [0.25, 0.3) is 0 Å². The normalized spacial score (nSPS) is 20.0. The molecule has 146 valence electrons. The Kier molecular flexibility index (Phi) is 13.4. The van der Waals surface area contributed by atoms with E-state index in [0.717, 1.165) is 45.8 Å². The van der Waals surface area contributed by atoms with Crippen molar-refractivity contribution in [1.82, 2.24) is 14.7 Å². The molecule has 26 heavy (non-hydrogen) atoms. The molecule has 0 saturated carbocycles. The maximum absolute atomic E-state index is 11.6. The van der Waals surface area contributed by atoms with Crippen molar-refractivity contribution in [2.45, 2.75) is 32.6 Å². The van der Waals surface area contributed by atoms with Gasteiger partial charge in [0.1, 0.15) is 0 Å². The Morgan fingerprint density at radius 1 is 0.769 bits per heavy atom. The van der Waals surface area contributed by atoms with Gasteiger partial charge in [-0.3, -0.25) is 4.90 Å². The fraction of sp³-hybridized carbons (Fsp3) is 0.684. The molecule has 0 amide bonds. The summed E-state index contributed by atoms with van der Waals surface area (Å²) in [7, 11) is 0. The molecule has 0 bridgehead atoms. The van der Waals surface area contributed by atoms with E-state index in [2.05, 4.69) is 39.0 Å². The second kappa shape index (κ2) is 13.6. The third-order valence-electron chi connectivity index (χ3n) is 4.48. The molecule has 6 nitrogen and oxygen atoms in total. The molecule has 1 fully saturated rings. The molecule has 0 spiro atoms. The zero-order valence-electron chi connectivity index (χ0n) is 15.9. The Balaban J connectivity index is 0.00000312. The van der Waals surface area contributed by atoms with Crippen molar-refractivity contribution < 1.29 is 32.8 Å². The van der Waals surface area contributed by atoms with Crippen LogP contribution in [-0.4, -0.2) is 84.7 Å². The number of hydrogen-bond acceptors (Lipinski definition) is 5. The second-order valence-electron chi connectivity index (χ2n) is 6.98. The third kappa shape index (κ3) is 9.99. The van der Waals surface area contributed by atoms with Gasteiger partial charge in [0.05, 0.1) is 0 Å². The summed E-state index contributed by atoms with van der Waals surface area (Å²) in [6, 6.07) is 10.5. The molecule has 1 saturated heterocycles. The molecule has 7 heteroatoms. The van der Waals surface area contributed by atoms with E-state index in [1.165, 1.54) is 5.56 Å². The standard InChI is InChI=1S/C19H31N3O2.Fe.H2O/c1-17(23)14-20-8-9-21(15-18(2)24)11-13-22(12-10-20)16-19-6-4-3-5-7-19;;/h3-7,17-18H,8-16H2,1-2H3;;1H2/q-2;+6;/t17-,18-;;/m0../s1. The minimum Gasteiger partial charge on any atom is -0.851 e. The van der Waals surface area contributed by atoms with Crippen molar-refractivity contribution in [1.29, 1.82) is 0 Å². The van der Waals surface area contributed by atoms with Crippen LogP contribution in [-0.2, 0) is 23.6 Å². The maximum Gasteiger partial charge on any atom is 6.00 e. The van der Waals surface area contributed by atoms with Crippen LogP contribution < -0.4 is 10.2 Å². The second-order valence-corrected chi connectivity index (χ2v) is 6.98. The summed E-state index contributed by atoms with van der Waals surface area (Å²) in [5.74, 6) is 0. The monoisotopic (exact) mass is 407 g/mol. The van der Waals surface area contributed by atoms with E-state index >= 15 is 0 Å². The van der Waals surface area contributed by atoms with Crippen molar-refractivity contribution in [2.24, 2.45) is 0 Å². The van der Waals surface area contributed by atoms with Gasteiger partial charge in [0, 0.05) is 45.8 Å². The number of nitrogens with zero attached hydrogens (tertiary/aromatic N) is 3. The maximum atomic E-state index is 11.6. The van der Waals surface area contributed by atoms with Crippen LogP contribution in [0.3, 0.4) is 0 Å². The van der Waals surface area contributed by atoms with Crippen LogP contribution in [0.5, 0.6) is 0 Å². The van der Waals surface area contributed by atoms with Gasteiger partial charge in [0.15, 0.2) is 0 Å². The van der Waals surface area contributed by atoms with Gasteiger partial charge in [-0.15, -0.1) is 12.2 Å². The molecule has 0 aromatic heterocycles. The Hall–Kier alpha value is -0.501. The van der Waals surface area contributed by atoms with Crippen LogP contribution in [0, 0.1) is 0 Å². The van der Waals surface area contributed by atoms with Crippen molar-refractivity contribution in [3.05, 3.63) is 35.9 Å². The molecular formula is C19H33FeN3O3+4. The summed E-state index contributed by atoms with van der Waals surface area (Å²) >= 11 is 0. The Morgan fingerprint density at radius 2 is 1.15 bits per heavy atom. The average molecular weight is 407 g/mol. The van der Waals surface area contributed by atoms with Gasteiger partial charge < -0.3 is 25.5 Å². The van der Waals surface area contributed by atoms with Crippen molar-refractivity contribution >= 4 is 0 Å². The van der Waals surface area contributed by atoms with Gasteiger partial charge in [-0.2, -0.15) is 0 Å². The topological polar surface area (TPSA) is 87.3 Å². The van der Waals surface area contributed by atoms with E-state index in [1.54, 1.807) is 13.8 Å². The van der Waals surface area contributed by atoms with E-state index in [9.17, 15) is 10.2 Å². The number of hydrogen-bond donors (Lipinski definition) is 0. The van der Waals surface area contributed by atoms with Gasteiger partial charge >= 0.3 is 17.1 Å². The quantitative estimate of drug-likeness (QED) is 0.552. The molecule has 2 rings (SSSR count). The van der Waals surface area contributed by atoms with Gasteiger partial charge in [0.25, 0.3) is 0 Å². The molecule has 1 heterocycles. The Bertz CT molecular complexity index is 441. The van der Waals surface area contributed by atoms with Gasteiger partial charge in [-0.05, 0) is 18.7 Å². The first-order valence-electron chi connectivity index (χ1n) is 9.05. The molecular weight excluding hydrogens is 374 g/mol. The molecule has 0 unspecified atom stereocenters. The zero-order valence-corrected chi connectivity index (χ0v) is 17.0. The van der Waals surface area contributed by atoms with Crippen LogP contribution >= 0.6 is 0 Å². The van der Waals surface area contributed by atoms with E-state index in [-0.39, 0.29) is 22.5 Å². The third-order valence-corrected chi connectivity index (χ3v) is 4.48. The number of rotatable bonds is 6. The van der Waals surface area contributed by atoms with E-state index in [4.69, 9.17) is 0 Å². The van der Waals surface area contributed by atoms with Crippen LogP contribution in [0.4, 0.5) is 0 Å². The molecule has 1 aliphatic rings. The molecule has 2 N–H and O–H groups in total. The van der Waals surface area contributed by atoms with Gasteiger partial charge in [-0.1, -0.05) is 44.2 Å². The summed E-state index contributed by atoms with van der Waals surface area (Å²) in [5.41, 5.74) is 1.31. The summed E-state index contributed by atoms with van der Waals surface area (Å²) in [6.45, 7) is 11.0. The smallest absolute Gasteiger partial charge is 0.851 e. The minimum absolute atomic E-state index is 0. The number of benzene rings is 1. The van der Waals surface area contributed by atoms with E-state index in [1.807, 2.05) is 6.07 Å². The van der Waals surface area contributed by atoms with Gasteiger partial charge in [0.2, 0.25) is 0 Å². The van der Waals surface area contributed by atoms with Crippen molar-refractivity contribution in [2.75, 3.05) is 52.4 Å². The van der Waals surface area contributed by atoms with Crippen LogP contribution in [0.2, 0.25) is 0 Å². The fourth-order valence-electron chi connectivity index (χ4n) is 3.28. The SMILES string of the molecule is C[C@H]([O-])CN1CCN(Cc2ccccc2)CCN(C[C@H](C)[O-])CC1.O.[Fe+6]. The summed E-state index contributed by atoms with van der Waals surface area (Å²) in [6.07, 6.45) is -1.14. The fourth-order valence-corrected chi connectivity index (χ4v) is 3.28. The predicted molar refractivity (Wildman–Crippen MR) is 97.1 cm³/mol. The predicted octanol–water partition coefficient (Wildman–Crippen LogP) is -1.22. The van der Waals surface area contributed by atoms with E-state index < -0.39 is 12.2 Å². The summed E-state index contributed by atoms with van der Waals surface area (Å²) in [4.78, 5) is 6.94. The first-order valence-corrected chi connectivity index (χ1v) is 9.05. The van der Waals surface area contributed by atoms with Crippen LogP contribution in [0.1, 0.15) is 19.4 Å². The summed E-state index contributed by atoms with van der Waals surface area (Å²) in [5, 5.41) is 23.2. The van der Waals surface area contributed by atoms with Crippen molar-refractivity contribution in [3.8, 4) is 0 Å². The zero-order chi connectivity index (χ0) is 17.4. The first-order chi connectivity index (χ1) is 11.5. The molecule has 1 aliphatic heterocycles.